The summed E-state index contributed by atoms with van der Waals surface area (Å²) in [6.45, 7) is 0. The van der Waals surface area contributed by atoms with Crippen LogP contribution in [0.2, 0.25) is 0 Å². The van der Waals surface area contributed by atoms with Crippen molar-refractivity contribution >= 4 is 28.9 Å². The largest absolute Gasteiger partial charge is 0.399 e. The van der Waals surface area contributed by atoms with Gasteiger partial charge in [0, 0.05) is 29.9 Å². The van der Waals surface area contributed by atoms with Crippen LogP contribution >= 0.6 is 0 Å². The Hall–Kier alpha value is -3.60. The Morgan fingerprint density at radius 2 is 1.17 bits per heavy atom. The average molecular weight is 387 g/mol. The van der Waals surface area contributed by atoms with Gasteiger partial charge >= 0.3 is 0 Å². The predicted octanol–water partition coefficient (Wildman–Crippen LogP) is 4.41. The fourth-order valence-electron chi connectivity index (χ4n) is 3.00. The van der Waals surface area contributed by atoms with E-state index in [1.165, 1.54) is 0 Å². The van der Waals surface area contributed by atoms with Crippen molar-refractivity contribution in [1.82, 2.24) is 0 Å². The Labute approximate surface area is 170 Å². The van der Waals surface area contributed by atoms with Crippen molar-refractivity contribution in [1.29, 1.82) is 0 Å². The Morgan fingerprint density at radius 1 is 0.655 bits per heavy atom. The SMILES string of the molecule is Nc1ccccc1CCC(=O)Nc1ccc(NC(=O)CCc2ccccc2)cc1. The molecule has 0 aromatic heterocycles. The van der Waals surface area contributed by atoms with Gasteiger partial charge in [-0.05, 0) is 54.3 Å². The summed E-state index contributed by atoms with van der Waals surface area (Å²) in [4.78, 5) is 24.3. The highest BCUT2D eigenvalue weighted by Crippen LogP contribution is 2.16. The minimum absolute atomic E-state index is 0.0360. The number of hydrogen-bond acceptors (Lipinski definition) is 3. The van der Waals surface area contributed by atoms with Crippen molar-refractivity contribution in [3.8, 4) is 0 Å². The number of rotatable bonds is 8. The molecule has 0 heterocycles. The van der Waals surface area contributed by atoms with E-state index in [4.69, 9.17) is 5.73 Å². The van der Waals surface area contributed by atoms with E-state index in [1.807, 2.05) is 54.6 Å². The summed E-state index contributed by atoms with van der Waals surface area (Å²) in [5, 5.41) is 5.75. The van der Waals surface area contributed by atoms with Gasteiger partial charge in [-0.15, -0.1) is 0 Å². The van der Waals surface area contributed by atoms with E-state index in [0.29, 0.717) is 42.7 Å². The first kappa shape index (κ1) is 20.1. The second-order valence-corrected chi connectivity index (χ2v) is 6.86. The zero-order valence-electron chi connectivity index (χ0n) is 16.2. The van der Waals surface area contributed by atoms with Gasteiger partial charge in [0.25, 0.3) is 0 Å². The van der Waals surface area contributed by atoms with E-state index >= 15 is 0 Å². The van der Waals surface area contributed by atoms with Gasteiger partial charge in [0.2, 0.25) is 11.8 Å². The molecular weight excluding hydrogens is 362 g/mol. The van der Waals surface area contributed by atoms with E-state index in [1.54, 1.807) is 24.3 Å². The summed E-state index contributed by atoms with van der Waals surface area (Å²) in [5.74, 6) is -0.112. The van der Waals surface area contributed by atoms with Gasteiger partial charge in [-0.3, -0.25) is 9.59 Å². The first-order valence-corrected chi connectivity index (χ1v) is 9.67. The minimum Gasteiger partial charge on any atom is -0.399 e. The lowest BCUT2D eigenvalue weighted by atomic mass is 10.1. The number of hydrogen-bond donors (Lipinski definition) is 3. The van der Waals surface area contributed by atoms with Crippen molar-refractivity contribution in [3.63, 3.8) is 0 Å². The number of anilines is 3. The van der Waals surface area contributed by atoms with Crippen LogP contribution in [0, 0.1) is 0 Å². The third kappa shape index (κ3) is 6.50. The number of nitrogens with two attached hydrogens (primary N) is 1. The van der Waals surface area contributed by atoms with E-state index in [0.717, 1.165) is 11.1 Å². The van der Waals surface area contributed by atoms with Gasteiger partial charge in [-0.1, -0.05) is 48.5 Å². The van der Waals surface area contributed by atoms with Crippen molar-refractivity contribution in [2.24, 2.45) is 0 Å². The molecule has 3 aromatic rings. The average Bonchev–Trinajstić information content (AvgIpc) is 2.74. The number of amides is 2. The summed E-state index contributed by atoms with van der Waals surface area (Å²) < 4.78 is 0. The molecule has 5 nitrogen and oxygen atoms in total. The standard InChI is InChI=1S/C24H25N3O2/c25-22-9-5-4-8-19(22)11-17-24(29)27-21-14-12-20(13-15-21)26-23(28)16-10-18-6-2-1-3-7-18/h1-9,12-15H,10-11,16-17,25H2,(H,26,28)(H,27,29). The molecule has 0 saturated carbocycles. The van der Waals surface area contributed by atoms with Gasteiger partial charge in [0.1, 0.15) is 0 Å². The summed E-state index contributed by atoms with van der Waals surface area (Å²) >= 11 is 0. The molecule has 0 fully saturated rings. The Bertz CT molecular complexity index is 953. The smallest absolute Gasteiger partial charge is 0.224 e. The first-order chi connectivity index (χ1) is 14.1. The lowest BCUT2D eigenvalue weighted by Gasteiger charge is -2.09. The van der Waals surface area contributed by atoms with Crippen molar-refractivity contribution in [2.45, 2.75) is 25.7 Å². The predicted molar refractivity (Wildman–Crippen MR) is 118 cm³/mol. The maximum absolute atomic E-state index is 12.2. The van der Waals surface area contributed by atoms with Crippen LogP contribution in [-0.4, -0.2) is 11.8 Å². The number of nitrogen functional groups attached to an aromatic ring is 1. The molecule has 0 radical (unpaired) electrons. The number of carbonyl (C=O) groups excluding carboxylic acids is 2. The lowest BCUT2D eigenvalue weighted by molar-refractivity contribution is -0.117. The second-order valence-electron chi connectivity index (χ2n) is 6.86. The normalized spacial score (nSPS) is 10.3. The summed E-state index contributed by atoms with van der Waals surface area (Å²) in [7, 11) is 0. The van der Waals surface area contributed by atoms with Crippen LogP contribution in [0.1, 0.15) is 24.0 Å². The molecule has 5 heteroatoms. The number of carbonyl (C=O) groups is 2. The number of benzene rings is 3. The molecule has 29 heavy (non-hydrogen) atoms. The van der Waals surface area contributed by atoms with E-state index in [-0.39, 0.29) is 11.8 Å². The number of nitrogens with one attached hydrogen (secondary N) is 2. The maximum Gasteiger partial charge on any atom is 0.224 e. The number of para-hydroxylation sites is 1. The van der Waals surface area contributed by atoms with Gasteiger partial charge in [0.05, 0.1) is 0 Å². The van der Waals surface area contributed by atoms with E-state index in [2.05, 4.69) is 10.6 Å². The van der Waals surface area contributed by atoms with Crippen LogP contribution in [-0.2, 0) is 22.4 Å². The molecule has 0 spiro atoms. The fourth-order valence-corrected chi connectivity index (χ4v) is 3.00. The van der Waals surface area contributed by atoms with Crippen LogP contribution in [0.15, 0.2) is 78.9 Å². The highest BCUT2D eigenvalue weighted by Gasteiger charge is 2.06. The Balaban J connectivity index is 1.44. The van der Waals surface area contributed by atoms with Crippen molar-refractivity contribution in [2.75, 3.05) is 16.4 Å². The molecule has 2 amide bonds. The highest BCUT2D eigenvalue weighted by molar-refractivity contribution is 5.93. The van der Waals surface area contributed by atoms with E-state index < -0.39 is 0 Å². The van der Waals surface area contributed by atoms with Crippen molar-refractivity contribution < 1.29 is 9.59 Å². The minimum atomic E-state index is -0.0760. The Morgan fingerprint density at radius 3 is 1.76 bits per heavy atom. The summed E-state index contributed by atoms with van der Waals surface area (Å²) in [5.41, 5.74) is 10.1. The molecule has 0 unspecified atom stereocenters. The monoisotopic (exact) mass is 387 g/mol. The summed E-state index contributed by atoms with van der Waals surface area (Å²) in [6.07, 6.45) is 2.07. The molecule has 0 atom stereocenters. The molecule has 0 saturated heterocycles. The lowest BCUT2D eigenvalue weighted by Crippen LogP contribution is -2.14. The van der Waals surface area contributed by atoms with Crippen LogP contribution in [0.3, 0.4) is 0 Å². The quantitative estimate of drug-likeness (QED) is 0.501. The topological polar surface area (TPSA) is 84.2 Å². The zero-order valence-corrected chi connectivity index (χ0v) is 16.2. The second kappa shape index (κ2) is 10.1. The summed E-state index contributed by atoms with van der Waals surface area (Å²) in [6, 6.07) is 24.6. The third-order valence-electron chi connectivity index (χ3n) is 4.61. The third-order valence-corrected chi connectivity index (χ3v) is 4.61. The Kier molecular flexibility index (Phi) is 7.00. The molecule has 3 aromatic carbocycles. The van der Waals surface area contributed by atoms with Gasteiger partial charge < -0.3 is 16.4 Å². The highest BCUT2D eigenvalue weighted by atomic mass is 16.2. The number of aryl methyl sites for hydroxylation is 2. The van der Waals surface area contributed by atoms with Crippen LogP contribution < -0.4 is 16.4 Å². The zero-order chi connectivity index (χ0) is 20.5. The molecule has 3 rings (SSSR count). The van der Waals surface area contributed by atoms with Gasteiger partial charge in [-0.2, -0.15) is 0 Å². The van der Waals surface area contributed by atoms with E-state index in [9.17, 15) is 9.59 Å². The molecule has 0 aliphatic carbocycles. The molecule has 4 N–H and O–H groups in total. The molecule has 0 aliphatic heterocycles. The van der Waals surface area contributed by atoms with Gasteiger partial charge in [-0.25, -0.2) is 0 Å². The van der Waals surface area contributed by atoms with Crippen LogP contribution in [0.25, 0.3) is 0 Å². The first-order valence-electron chi connectivity index (χ1n) is 9.67. The molecule has 148 valence electrons. The molecule has 0 aliphatic rings. The van der Waals surface area contributed by atoms with Gasteiger partial charge in [0.15, 0.2) is 0 Å². The fraction of sp³-hybridized carbons (Fsp3) is 0.167. The molecule has 0 bridgehead atoms. The molecular formula is C24H25N3O2. The van der Waals surface area contributed by atoms with Crippen LogP contribution in [0.4, 0.5) is 17.1 Å². The van der Waals surface area contributed by atoms with Crippen molar-refractivity contribution in [3.05, 3.63) is 90.0 Å². The maximum atomic E-state index is 12.2. The van der Waals surface area contributed by atoms with Crippen LogP contribution in [0.5, 0.6) is 0 Å².